The lowest BCUT2D eigenvalue weighted by Gasteiger charge is -2.32. The first kappa shape index (κ1) is 35.3. The molecule has 10 nitrogen and oxygen atoms in total. The van der Waals surface area contributed by atoms with E-state index in [0.29, 0.717) is 41.0 Å². The molecule has 254 valence electrons. The summed E-state index contributed by atoms with van der Waals surface area (Å²) in [4.78, 5) is 22.5. The predicted octanol–water partition coefficient (Wildman–Crippen LogP) is 7.74. The molecule has 4 aromatic carbocycles. The van der Waals surface area contributed by atoms with Gasteiger partial charge in [0.15, 0.2) is 11.6 Å². The molecule has 0 bridgehead atoms. The molecule has 0 saturated carbocycles. The Morgan fingerprint density at radius 1 is 1.00 bits per heavy atom. The average molecular weight is 739 g/mol. The summed E-state index contributed by atoms with van der Waals surface area (Å²) in [6.45, 7) is 0.316. The van der Waals surface area contributed by atoms with E-state index in [1.807, 2.05) is 24.3 Å². The maximum atomic E-state index is 14.6. The molecule has 2 atom stereocenters. The fourth-order valence-electron chi connectivity index (χ4n) is 5.38. The highest BCUT2D eigenvalue weighted by atomic mass is 79.9. The molecule has 1 heterocycles. The number of aliphatic imine (C=N–C) groups is 1. The number of rotatable bonds is 14. The quantitative estimate of drug-likeness (QED) is 0.0590. The van der Waals surface area contributed by atoms with Crippen LogP contribution >= 0.6 is 15.9 Å². The Morgan fingerprint density at radius 2 is 1.67 bits per heavy atom. The average Bonchev–Trinajstić information content (AvgIpc) is 3.48. The van der Waals surface area contributed by atoms with Crippen LogP contribution in [0.15, 0.2) is 112 Å². The fourth-order valence-corrected chi connectivity index (χ4v) is 5.80. The molecule has 14 heteroatoms. The van der Waals surface area contributed by atoms with Gasteiger partial charge in [0.05, 0.1) is 13.2 Å². The van der Waals surface area contributed by atoms with Gasteiger partial charge in [0.25, 0.3) is 5.91 Å². The van der Waals surface area contributed by atoms with Crippen molar-refractivity contribution in [3.63, 3.8) is 0 Å². The van der Waals surface area contributed by atoms with Gasteiger partial charge in [-0.25, -0.2) is 4.99 Å². The zero-order valence-electron chi connectivity index (χ0n) is 25.9. The number of nitrogens with one attached hydrogen (secondary N) is 1. The van der Waals surface area contributed by atoms with Gasteiger partial charge in [0.1, 0.15) is 11.5 Å². The van der Waals surface area contributed by atoms with Crippen molar-refractivity contribution in [1.29, 1.82) is 0 Å². The molecule has 4 aromatic rings. The molecule has 1 aliphatic rings. The molecule has 0 fully saturated rings. The highest BCUT2D eigenvalue weighted by molar-refractivity contribution is 9.10. The fraction of sp³-hybridized carbons (Fsp3) is 0.257. The summed E-state index contributed by atoms with van der Waals surface area (Å²) in [5.41, 5.74) is 10.6. The Kier molecular flexibility index (Phi) is 11.4. The van der Waals surface area contributed by atoms with Crippen LogP contribution < -0.4 is 14.8 Å². The lowest BCUT2D eigenvalue weighted by atomic mass is 9.80. The summed E-state index contributed by atoms with van der Waals surface area (Å²) in [6, 6.07) is 26.8. The van der Waals surface area contributed by atoms with Crippen molar-refractivity contribution < 1.29 is 37.3 Å². The maximum Gasteiger partial charge on any atom is 0.573 e. The van der Waals surface area contributed by atoms with Gasteiger partial charge in [-0.05, 0) is 70.2 Å². The number of hydrogen-bond donors (Lipinski definition) is 2. The molecule has 49 heavy (non-hydrogen) atoms. The third kappa shape index (κ3) is 8.91. The Balaban J connectivity index is 1.56. The van der Waals surface area contributed by atoms with Gasteiger partial charge in [-0.15, -0.1) is 13.2 Å². The van der Waals surface area contributed by atoms with Crippen LogP contribution in [0.5, 0.6) is 11.5 Å². The van der Waals surface area contributed by atoms with E-state index in [1.165, 1.54) is 24.3 Å². The second kappa shape index (κ2) is 15.9. The summed E-state index contributed by atoms with van der Waals surface area (Å²) < 4.78 is 55.0. The van der Waals surface area contributed by atoms with Crippen LogP contribution in [0.2, 0.25) is 0 Å². The smallest absolute Gasteiger partial charge is 0.494 e. The summed E-state index contributed by atoms with van der Waals surface area (Å²) in [5.74, 6) is -0.105. The van der Waals surface area contributed by atoms with E-state index in [-0.39, 0.29) is 37.8 Å². The van der Waals surface area contributed by atoms with Crippen LogP contribution in [0.1, 0.15) is 40.3 Å². The number of alkyl halides is 3. The van der Waals surface area contributed by atoms with Crippen molar-refractivity contribution in [1.82, 2.24) is 5.32 Å². The molecule has 1 amide bonds. The Hall–Kier alpha value is -5.04. The molecule has 1 aliphatic heterocycles. The number of benzene rings is 4. The minimum atomic E-state index is -4.83. The number of aliphatic hydroxyl groups is 1. The van der Waals surface area contributed by atoms with E-state index in [2.05, 4.69) is 36.0 Å². The SMILES string of the molecule is [N-]=[N+]=NCc1ccccc1[C@H]1OC(c2ccc(OCCCO)cc2)=N[C@@]1(Cc1ccccc1Br)C(=O)NCc1ccc(OC(F)(F)F)cc1. The van der Waals surface area contributed by atoms with Gasteiger partial charge in [-0.2, -0.15) is 0 Å². The highest BCUT2D eigenvalue weighted by Gasteiger charge is 2.54. The maximum absolute atomic E-state index is 14.6. The number of nitrogens with zero attached hydrogens (tertiary/aromatic N) is 4. The van der Waals surface area contributed by atoms with Gasteiger partial charge in [-0.1, -0.05) is 75.6 Å². The van der Waals surface area contributed by atoms with Crippen LogP contribution in [0.4, 0.5) is 13.2 Å². The minimum Gasteiger partial charge on any atom is -0.494 e. The largest absolute Gasteiger partial charge is 0.573 e. The lowest BCUT2D eigenvalue weighted by Crippen LogP contribution is -2.50. The number of halogens is 4. The standard InChI is InChI=1S/C35H31BrF3N5O5/c36-30-9-4-2-6-25(30)20-34(33(46)41-21-23-10-14-28(15-11-23)49-35(37,38)39)31(29-8-3-1-7-26(29)22-42-44-40)48-32(43-34)24-12-16-27(17-13-24)47-19-5-18-45/h1-4,6-17,31,45H,5,18-22H2,(H,41,46)/t31-,34-/m1/s1. The van der Waals surface area contributed by atoms with Crippen LogP contribution in [0, 0.1) is 0 Å². The van der Waals surface area contributed by atoms with Crippen LogP contribution in [-0.2, 0) is 29.0 Å². The first-order valence-corrected chi connectivity index (χ1v) is 16.0. The number of carbonyl (C=O) groups excluding carboxylic acids is 1. The molecule has 0 aliphatic carbocycles. The van der Waals surface area contributed by atoms with E-state index in [9.17, 15) is 18.0 Å². The monoisotopic (exact) mass is 737 g/mol. The summed E-state index contributed by atoms with van der Waals surface area (Å²) >= 11 is 3.60. The van der Waals surface area contributed by atoms with Crippen molar-refractivity contribution >= 4 is 27.7 Å². The topological polar surface area (TPSA) is 138 Å². The molecule has 0 saturated heterocycles. The number of hydrogen-bond acceptors (Lipinski definition) is 7. The van der Waals surface area contributed by atoms with Crippen molar-refractivity contribution in [2.75, 3.05) is 13.2 Å². The summed E-state index contributed by atoms with van der Waals surface area (Å²) in [6.07, 6.45) is -5.25. The van der Waals surface area contributed by atoms with E-state index in [1.54, 1.807) is 48.5 Å². The van der Waals surface area contributed by atoms with Gasteiger partial charge >= 0.3 is 6.36 Å². The lowest BCUT2D eigenvalue weighted by molar-refractivity contribution is -0.274. The molecular weight excluding hydrogens is 707 g/mol. The molecule has 0 unspecified atom stereocenters. The second-order valence-corrected chi connectivity index (χ2v) is 11.9. The number of aliphatic hydroxyl groups excluding tert-OH is 1. The molecule has 5 rings (SSSR count). The molecule has 2 N–H and O–H groups in total. The molecule has 0 spiro atoms. The minimum absolute atomic E-state index is 0.000812. The number of carbonyl (C=O) groups is 1. The second-order valence-electron chi connectivity index (χ2n) is 11.0. The zero-order valence-corrected chi connectivity index (χ0v) is 27.5. The molecular formula is C35H31BrF3N5O5. The third-order valence-electron chi connectivity index (χ3n) is 7.70. The van der Waals surface area contributed by atoms with E-state index < -0.39 is 23.9 Å². The Labute approximate surface area is 288 Å². The molecule has 0 aromatic heterocycles. The highest BCUT2D eigenvalue weighted by Crippen LogP contribution is 2.44. The van der Waals surface area contributed by atoms with E-state index in [4.69, 9.17) is 25.1 Å². The van der Waals surface area contributed by atoms with E-state index in [0.717, 1.165) is 10.0 Å². The predicted molar refractivity (Wildman–Crippen MR) is 179 cm³/mol. The van der Waals surface area contributed by atoms with Crippen molar-refractivity contribution in [2.45, 2.75) is 43.9 Å². The number of azide groups is 1. The molecule has 0 radical (unpaired) electrons. The van der Waals surface area contributed by atoms with Gasteiger partial charge in [0, 0.05) is 40.9 Å². The zero-order chi connectivity index (χ0) is 34.9. The van der Waals surface area contributed by atoms with Crippen molar-refractivity contribution in [2.24, 2.45) is 10.1 Å². The summed E-state index contributed by atoms with van der Waals surface area (Å²) in [7, 11) is 0. The first-order chi connectivity index (χ1) is 23.6. The Morgan fingerprint density at radius 3 is 2.35 bits per heavy atom. The van der Waals surface area contributed by atoms with Gasteiger partial charge < -0.3 is 24.6 Å². The number of amides is 1. The van der Waals surface area contributed by atoms with Crippen molar-refractivity contribution in [3.05, 3.63) is 140 Å². The normalized spacial score (nSPS) is 17.0. The van der Waals surface area contributed by atoms with Crippen LogP contribution in [0.3, 0.4) is 0 Å². The number of ether oxygens (including phenoxy) is 3. The van der Waals surface area contributed by atoms with Gasteiger partial charge in [-0.3, -0.25) is 4.79 Å². The Bertz CT molecular complexity index is 1830. The van der Waals surface area contributed by atoms with Gasteiger partial charge in [0.2, 0.25) is 5.90 Å². The van der Waals surface area contributed by atoms with Crippen LogP contribution in [-0.4, -0.2) is 42.0 Å². The van der Waals surface area contributed by atoms with Crippen molar-refractivity contribution in [3.8, 4) is 11.5 Å². The van der Waals surface area contributed by atoms with E-state index >= 15 is 0 Å². The first-order valence-electron chi connectivity index (χ1n) is 15.2. The third-order valence-corrected chi connectivity index (χ3v) is 8.47. The summed E-state index contributed by atoms with van der Waals surface area (Å²) in [5, 5.41) is 15.8. The van der Waals surface area contributed by atoms with Crippen LogP contribution in [0.25, 0.3) is 10.4 Å².